The Labute approximate surface area is 90.7 Å². The van der Waals surface area contributed by atoms with Crippen LogP contribution in [0.15, 0.2) is 35.1 Å². The van der Waals surface area contributed by atoms with Gasteiger partial charge in [0.15, 0.2) is 0 Å². The molecule has 0 unspecified atom stereocenters. The maximum atomic E-state index is 5.86. The molecule has 1 heterocycles. The summed E-state index contributed by atoms with van der Waals surface area (Å²) in [7, 11) is 1.88. The molecule has 0 aliphatic rings. The Hall–Kier alpha value is -1.29. The van der Waals surface area contributed by atoms with Gasteiger partial charge >= 0.3 is 0 Å². The van der Waals surface area contributed by atoms with Crippen LogP contribution in [0.4, 0.5) is 5.82 Å². The number of nitrogens with zero attached hydrogens (tertiary/aromatic N) is 2. The number of imidazole rings is 1. The van der Waals surface area contributed by atoms with E-state index in [0.717, 1.165) is 15.7 Å². The van der Waals surface area contributed by atoms with Gasteiger partial charge in [-0.2, -0.15) is 0 Å². The molecule has 0 aliphatic carbocycles. The molecule has 2 rings (SSSR count). The van der Waals surface area contributed by atoms with E-state index < -0.39 is 0 Å². The predicted molar refractivity (Wildman–Crippen MR) is 60.8 cm³/mol. The third kappa shape index (κ3) is 1.53. The molecule has 72 valence electrons. The minimum atomic E-state index is 0.687. The van der Waals surface area contributed by atoms with E-state index in [-0.39, 0.29) is 0 Å². The number of rotatable bonds is 1. The topological polar surface area (TPSA) is 43.8 Å². The molecule has 3 nitrogen and oxygen atoms in total. The van der Waals surface area contributed by atoms with E-state index in [2.05, 4.69) is 20.9 Å². The average Bonchev–Trinajstić information content (AvgIpc) is 2.50. The first-order valence-corrected chi connectivity index (χ1v) is 5.00. The molecule has 2 N–H and O–H groups in total. The number of hydrogen-bond acceptors (Lipinski definition) is 2. The van der Waals surface area contributed by atoms with Crippen LogP contribution in [0.25, 0.3) is 11.3 Å². The molecule has 0 fully saturated rings. The lowest BCUT2D eigenvalue weighted by Gasteiger charge is -2.00. The van der Waals surface area contributed by atoms with E-state index in [1.165, 1.54) is 0 Å². The van der Waals surface area contributed by atoms with Gasteiger partial charge in [0.05, 0.1) is 6.33 Å². The normalized spacial score (nSPS) is 10.4. The highest BCUT2D eigenvalue weighted by Crippen LogP contribution is 2.24. The predicted octanol–water partition coefficient (Wildman–Crippen LogP) is 2.43. The second-order valence-corrected chi connectivity index (χ2v) is 4.01. The number of benzene rings is 1. The Morgan fingerprint density at radius 3 is 2.43 bits per heavy atom. The molecule has 0 saturated heterocycles. The van der Waals surface area contributed by atoms with Crippen molar-refractivity contribution < 1.29 is 0 Å². The fourth-order valence-electron chi connectivity index (χ4n) is 1.27. The first-order valence-electron chi connectivity index (χ1n) is 4.21. The van der Waals surface area contributed by atoms with Crippen LogP contribution in [0.3, 0.4) is 0 Å². The second-order valence-electron chi connectivity index (χ2n) is 3.10. The van der Waals surface area contributed by atoms with Crippen LogP contribution in [0.2, 0.25) is 0 Å². The minimum absolute atomic E-state index is 0.687. The van der Waals surface area contributed by atoms with Crippen molar-refractivity contribution in [2.75, 3.05) is 5.73 Å². The van der Waals surface area contributed by atoms with Crippen molar-refractivity contribution in [2.24, 2.45) is 7.05 Å². The van der Waals surface area contributed by atoms with Crippen molar-refractivity contribution in [3.63, 3.8) is 0 Å². The molecule has 14 heavy (non-hydrogen) atoms. The van der Waals surface area contributed by atoms with Crippen molar-refractivity contribution >= 4 is 21.7 Å². The molecule has 0 spiro atoms. The summed E-state index contributed by atoms with van der Waals surface area (Å²) in [6, 6.07) is 7.93. The molecule has 0 atom stereocenters. The largest absolute Gasteiger partial charge is 0.383 e. The zero-order chi connectivity index (χ0) is 10.1. The molecule has 0 bridgehead atoms. The van der Waals surface area contributed by atoms with E-state index >= 15 is 0 Å². The van der Waals surface area contributed by atoms with E-state index in [4.69, 9.17) is 5.73 Å². The van der Waals surface area contributed by atoms with E-state index in [1.807, 2.05) is 31.3 Å². The van der Waals surface area contributed by atoms with Crippen LogP contribution in [0.5, 0.6) is 0 Å². The molecule has 0 amide bonds. The SMILES string of the molecule is Cn1cnc(-c2ccc(Br)cc2)c1N. The van der Waals surface area contributed by atoms with Crippen molar-refractivity contribution in [3.8, 4) is 11.3 Å². The number of aromatic nitrogens is 2. The van der Waals surface area contributed by atoms with Crippen LogP contribution < -0.4 is 5.73 Å². The van der Waals surface area contributed by atoms with Gasteiger partial charge in [-0.15, -0.1) is 0 Å². The van der Waals surface area contributed by atoms with Crippen LogP contribution in [0, 0.1) is 0 Å². The molecule has 4 heteroatoms. The molecule has 0 saturated carbocycles. The maximum absolute atomic E-state index is 5.86. The van der Waals surface area contributed by atoms with E-state index in [9.17, 15) is 0 Å². The summed E-state index contributed by atoms with van der Waals surface area (Å²) in [6.45, 7) is 0. The zero-order valence-corrected chi connectivity index (χ0v) is 9.32. The lowest BCUT2D eigenvalue weighted by atomic mass is 10.1. The summed E-state index contributed by atoms with van der Waals surface area (Å²) in [6.07, 6.45) is 1.71. The molecular formula is C10H10BrN3. The van der Waals surface area contributed by atoms with Crippen LogP contribution >= 0.6 is 15.9 Å². The average molecular weight is 252 g/mol. The second kappa shape index (κ2) is 3.46. The number of nitrogens with two attached hydrogens (primary N) is 1. The standard InChI is InChI=1S/C10H10BrN3/c1-14-6-13-9(10(14)12)7-2-4-8(11)5-3-7/h2-6H,12H2,1H3. The van der Waals surface area contributed by atoms with Crippen molar-refractivity contribution in [1.29, 1.82) is 0 Å². The van der Waals surface area contributed by atoms with Crippen molar-refractivity contribution in [1.82, 2.24) is 9.55 Å². The van der Waals surface area contributed by atoms with Gasteiger partial charge in [0.2, 0.25) is 0 Å². The third-order valence-electron chi connectivity index (χ3n) is 2.10. The van der Waals surface area contributed by atoms with Gasteiger partial charge < -0.3 is 10.3 Å². The van der Waals surface area contributed by atoms with Gasteiger partial charge in [-0.1, -0.05) is 28.1 Å². The summed E-state index contributed by atoms with van der Waals surface area (Å²) in [4.78, 5) is 4.24. The summed E-state index contributed by atoms with van der Waals surface area (Å²) in [5.74, 6) is 0.687. The molecule has 0 aliphatic heterocycles. The Balaban J connectivity index is 2.49. The summed E-state index contributed by atoms with van der Waals surface area (Å²) < 4.78 is 2.85. The monoisotopic (exact) mass is 251 g/mol. The summed E-state index contributed by atoms with van der Waals surface area (Å²) in [5, 5.41) is 0. The minimum Gasteiger partial charge on any atom is -0.383 e. The van der Waals surface area contributed by atoms with Crippen LogP contribution in [0.1, 0.15) is 0 Å². The van der Waals surface area contributed by atoms with Gasteiger partial charge in [0.25, 0.3) is 0 Å². The quantitative estimate of drug-likeness (QED) is 0.847. The lowest BCUT2D eigenvalue weighted by molar-refractivity contribution is 0.925. The molecule has 1 aromatic heterocycles. The van der Waals surface area contributed by atoms with Crippen molar-refractivity contribution in [2.45, 2.75) is 0 Å². The highest BCUT2D eigenvalue weighted by Gasteiger charge is 2.06. The molecule has 2 aromatic rings. The van der Waals surface area contributed by atoms with Crippen molar-refractivity contribution in [3.05, 3.63) is 35.1 Å². The first kappa shape index (κ1) is 9.27. The Bertz CT molecular complexity index is 445. The fraction of sp³-hybridized carbons (Fsp3) is 0.100. The number of hydrogen-bond donors (Lipinski definition) is 1. The number of aryl methyl sites for hydroxylation is 1. The molecule has 0 radical (unpaired) electrons. The number of anilines is 1. The Morgan fingerprint density at radius 1 is 1.29 bits per heavy atom. The number of halogens is 1. The Kier molecular flexibility index (Phi) is 2.29. The number of nitrogen functional groups attached to an aromatic ring is 1. The maximum Gasteiger partial charge on any atom is 0.131 e. The van der Waals surface area contributed by atoms with E-state index in [1.54, 1.807) is 10.9 Å². The third-order valence-corrected chi connectivity index (χ3v) is 2.63. The summed E-state index contributed by atoms with van der Waals surface area (Å²) >= 11 is 3.38. The van der Waals surface area contributed by atoms with Crippen LogP contribution in [-0.4, -0.2) is 9.55 Å². The smallest absolute Gasteiger partial charge is 0.131 e. The summed E-state index contributed by atoms with van der Waals surface area (Å²) in [5.41, 5.74) is 7.73. The van der Waals surface area contributed by atoms with Gasteiger partial charge in [-0.3, -0.25) is 0 Å². The Morgan fingerprint density at radius 2 is 1.93 bits per heavy atom. The molecular weight excluding hydrogens is 242 g/mol. The van der Waals surface area contributed by atoms with Gasteiger partial charge in [-0.05, 0) is 12.1 Å². The van der Waals surface area contributed by atoms with Gasteiger partial charge in [0, 0.05) is 17.1 Å². The highest BCUT2D eigenvalue weighted by molar-refractivity contribution is 9.10. The van der Waals surface area contributed by atoms with Crippen LogP contribution in [-0.2, 0) is 7.05 Å². The first-order chi connectivity index (χ1) is 6.68. The molecule has 1 aromatic carbocycles. The van der Waals surface area contributed by atoms with Gasteiger partial charge in [0.1, 0.15) is 11.5 Å². The highest BCUT2D eigenvalue weighted by atomic mass is 79.9. The van der Waals surface area contributed by atoms with E-state index in [0.29, 0.717) is 5.82 Å². The lowest BCUT2D eigenvalue weighted by Crippen LogP contribution is -1.95. The fourth-order valence-corrected chi connectivity index (χ4v) is 1.53. The zero-order valence-electron chi connectivity index (χ0n) is 7.74. The van der Waals surface area contributed by atoms with Gasteiger partial charge in [-0.25, -0.2) is 4.98 Å².